The number of nitrogens with zero attached hydrogens (tertiary/aromatic N) is 2. The summed E-state index contributed by atoms with van der Waals surface area (Å²) in [6, 6.07) is 5.52. The van der Waals surface area contributed by atoms with Gasteiger partial charge in [0.1, 0.15) is 16.2 Å². The maximum absolute atomic E-state index is 14.2. The Bertz CT molecular complexity index is 922. The van der Waals surface area contributed by atoms with Crippen LogP contribution < -0.4 is 10.3 Å². The second-order valence-electron chi connectivity index (χ2n) is 4.80. The monoisotopic (exact) mass is 400 g/mol. The first-order valence-corrected chi connectivity index (χ1v) is 8.32. The van der Waals surface area contributed by atoms with Crippen molar-refractivity contribution in [2.45, 2.75) is 13.3 Å². The van der Waals surface area contributed by atoms with Crippen molar-refractivity contribution >= 4 is 32.2 Å². The molecule has 0 atom stereocenters. The van der Waals surface area contributed by atoms with E-state index in [0.29, 0.717) is 15.3 Å². The van der Waals surface area contributed by atoms with Crippen molar-refractivity contribution in [2.75, 3.05) is 6.61 Å². The number of fused-ring (bicyclic) bond motifs is 1. The number of aromatic nitrogens is 2. The minimum atomic E-state index is -0.885. The summed E-state index contributed by atoms with van der Waals surface area (Å²) in [4.78, 5) is 17.6. The van der Waals surface area contributed by atoms with E-state index in [2.05, 4.69) is 20.9 Å². The lowest BCUT2D eigenvalue weighted by Crippen LogP contribution is -2.21. The molecule has 0 spiro atoms. The fourth-order valence-electron chi connectivity index (χ4n) is 2.06. The number of aryl methyl sites for hydroxylation is 1. The third-order valence-corrected chi connectivity index (χ3v) is 5.39. The SMILES string of the molecule is Cc1sc2nc(CCOc3ccc(F)cc3)c(F)c(=O)n2c1Br. The Hall–Kier alpha value is -1.80. The fraction of sp³-hybridized carbons (Fsp3) is 0.200. The van der Waals surface area contributed by atoms with Crippen LogP contribution in [0.15, 0.2) is 33.7 Å². The Morgan fingerprint density at radius 2 is 2.00 bits per heavy atom. The average molecular weight is 401 g/mol. The molecular formula is C15H11BrF2N2O2S. The Labute approximate surface area is 142 Å². The summed E-state index contributed by atoms with van der Waals surface area (Å²) < 4.78 is 34.1. The summed E-state index contributed by atoms with van der Waals surface area (Å²) in [5.41, 5.74) is -0.672. The Morgan fingerprint density at radius 1 is 1.30 bits per heavy atom. The molecule has 0 unspecified atom stereocenters. The topological polar surface area (TPSA) is 43.6 Å². The molecule has 0 amide bonds. The molecule has 2 aromatic heterocycles. The molecular weight excluding hydrogens is 390 g/mol. The normalized spacial score (nSPS) is 11.1. The molecule has 0 bridgehead atoms. The van der Waals surface area contributed by atoms with E-state index in [0.717, 1.165) is 4.88 Å². The summed E-state index contributed by atoms with van der Waals surface area (Å²) in [6.07, 6.45) is 0.142. The van der Waals surface area contributed by atoms with E-state index in [4.69, 9.17) is 4.74 Å². The van der Waals surface area contributed by atoms with Crippen LogP contribution in [0.4, 0.5) is 8.78 Å². The molecule has 0 saturated heterocycles. The molecule has 0 aliphatic rings. The van der Waals surface area contributed by atoms with Gasteiger partial charge in [-0.3, -0.25) is 4.79 Å². The first kappa shape index (κ1) is 16.1. The van der Waals surface area contributed by atoms with Crippen molar-refractivity contribution in [1.82, 2.24) is 9.38 Å². The van der Waals surface area contributed by atoms with Gasteiger partial charge < -0.3 is 4.74 Å². The number of benzene rings is 1. The summed E-state index contributed by atoms with van der Waals surface area (Å²) in [5, 5.41) is 0. The van der Waals surface area contributed by atoms with E-state index < -0.39 is 11.4 Å². The zero-order valence-electron chi connectivity index (χ0n) is 12.0. The molecule has 0 N–H and O–H groups in total. The largest absolute Gasteiger partial charge is 0.493 e. The smallest absolute Gasteiger partial charge is 0.295 e. The van der Waals surface area contributed by atoms with Gasteiger partial charge in [-0.05, 0) is 47.1 Å². The molecule has 4 nitrogen and oxygen atoms in total. The fourth-order valence-corrected chi connectivity index (χ4v) is 3.62. The Balaban J connectivity index is 1.81. The van der Waals surface area contributed by atoms with Crippen LogP contribution in [0.1, 0.15) is 10.6 Å². The number of hydrogen-bond donors (Lipinski definition) is 0. The van der Waals surface area contributed by atoms with Crippen molar-refractivity contribution in [3.63, 3.8) is 0 Å². The molecule has 23 heavy (non-hydrogen) atoms. The third-order valence-electron chi connectivity index (χ3n) is 3.22. The molecule has 2 heterocycles. The summed E-state index contributed by atoms with van der Waals surface area (Å²) in [6.45, 7) is 1.95. The van der Waals surface area contributed by atoms with Crippen LogP contribution in [0.3, 0.4) is 0 Å². The minimum Gasteiger partial charge on any atom is -0.493 e. The highest BCUT2D eigenvalue weighted by Gasteiger charge is 2.17. The first-order valence-electron chi connectivity index (χ1n) is 6.72. The predicted octanol–water partition coefficient (Wildman–Crippen LogP) is 3.73. The van der Waals surface area contributed by atoms with Crippen LogP contribution in [0, 0.1) is 18.6 Å². The molecule has 1 aromatic carbocycles. The Kier molecular flexibility index (Phi) is 4.45. The van der Waals surface area contributed by atoms with Gasteiger partial charge in [-0.15, -0.1) is 11.3 Å². The van der Waals surface area contributed by atoms with Crippen LogP contribution in [0.5, 0.6) is 5.75 Å². The lowest BCUT2D eigenvalue weighted by atomic mass is 10.3. The number of hydrogen-bond acceptors (Lipinski definition) is 4. The minimum absolute atomic E-state index is 0.0610. The van der Waals surface area contributed by atoms with Gasteiger partial charge in [-0.25, -0.2) is 13.8 Å². The Morgan fingerprint density at radius 3 is 2.70 bits per heavy atom. The zero-order valence-corrected chi connectivity index (χ0v) is 14.4. The van der Waals surface area contributed by atoms with E-state index in [1.54, 1.807) is 0 Å². The molecule has 120 valence electrons. The van der Waals surface area contributed by atoms with Gasteiger partial charge in [0.25, 0.3) is 5.56 Å². The number of thiazole rings is 1. The summed E-state index contributed by atoms with van der Waals surface area (Å²) in [7, 11) is 0. The average Bonchev–Trinajstić information content (AvgIpc) is 2.81. The zero-order chi connectivity index (χ0) is 16.6. The van der Waals surface area contributed by atoms with Crippen LogP contribution in [-0.2, 0) is 6.42 Å². The van der Waals surface area contributed by atoms with Crippen molar-refractivity contribution < 1.29 is 13.5 Å². The van der Waals surface area contributed by atoms with E-state index in [-0.39, 0.29) is 24.5 Å². The molecule has 3 aromatic rings. The molecule has 8 heteroatoms. The molecule has 3 rings (SSSR count). The van der Waals surface area contributed by atoms with Gasteiger partial charge in [-0.1, -0.05) is 0 Å². The maximum atomic E-state index is 14.2. The van der Waals surface area contributed by atoms with Gasteiger partial charge in [0.15, 0.2) is 4.96 Å². The second kappa shape index (κ2) is 6.37. The van der Waals surface area contributed by atoms with Crippen LogP contribution in [-0.4, -0.2) is 16.0 Å². The number of rotatable bonds is 4. The second-order valence-corrected chi connectivity index (χ2v) is 6.73. The molecule has 0 aliphatic heterocycles. The molecule has 0 radical (unpaired) electrons. The summed E-state index contributed by atoms with van der Waals surface area (Å²) in [5.74, 6) is -0.773. The highest BCUT2D eigenvalue weighted by atomic mass is 79.9. The number of halogens is 3. The van der Waals surface area contributed by atoms with E-state index in [1.807, 2.05) is 6.92 Å². The highest BCUT2D eigenvalue weighted by Crippen LogP contribution is 2.25. The standard InChI is InChI=1S/C15H11BrF2N2O2S/c1-8-13(16)20-14(21)12(18)11(19-15(20)23-8)6-7-22-10-4-2-9(17)3-5-10/h2-5H,6-7H2,1H3. The van der Waals surface area contributed by atoms with Gasteiger partial charge >= 0.3 is 0 Å². The molecule has 0 saturated carbocycles. The van der Waals surface area contributed by atoms with Crippen molar-refractivity contribution in [3.05, 3.63) is 61.4 Å². The van der Waals surface area contributed by atoms with Gasteiger partial charge in [0.05, 0.1) is 12.3 Å². The van der Waals surface area contributed by atoms with Crippen molar-refractivity contribution in [2.24, 2.45) is 0 Å². The third kappa shape index (κ3) is 3.13. The quantitative estimate of drug-likeness (QED) is 0.670. The maximum Gasteiger partial charge on any atom is 0.295 e. The van der Waals surface area contributed by atoms with Crippen LogP contribution in [0.2, 0.25) is 0 Å². The highest BCUT2D eigenvalue weighted by molar-refractivity contribution is 9.10. The van der Waals surface area contributed by atoms with Crippen LogP contribution >= 0.6 is 27.3 Å². The number of ether oxygens (including phenoxy) is 1. The van der Waals surface area contributed by atoms with E-state index >= 15 is 0 Å². The van der Waals surface area contributed by atoms with E-state index in [9.17, 15) is 13.6 Å². The lowest BCUT2D eigenvalue weighted by molar-refractivity contribution is 0.317. The van der Waals surface area contributed by atoms with E-state index in [1.165, 1.54) is 40.0 Å². The lowest BCUT2D eigenvalue weighted by Gasteiger charge is -2.06. The van der Waals surface area contributed by atoms with Gasteiger partial charge in [-0.2, -0.15) is 4.39 Å². The van der Waals surface area contributed by atoms with Crippen molar-refractivity contribution in [1.29, 1.82) is 0 Å². The van der Waals surface area contributed by atoms with Gasteiger partial charge in [0, 0.05) is 11.3 Å². The predicted molar refractivity (Wildman–Crippen MR) is 87.3 cm³/mol. The summed E-state index contributed by atoms with van der Waals surface area (Å²) >= 11 is 4.56. The first-order chi connectivity index (χ1) is 11.0. The van der Waals surface area contributed by atoms with Crippen molar-refractivity contribution in [3.8, 4) is 5.75 Å². The van der Waals surface area contributed by atoms with Gasteiger partial charge in [0.2, 0.25) is 5.82 Å². The molecule has 0 aliphatic carbocycles. The van der Waals surface area contributed by atoms with Crippen LogP contribution in [0.25, 0.3) is 4.96 Å². The molecule has 0 fully saturated rings.